The van der Waals surface area contributed by atoms with Crippen molar-refractivity contribution in [3.05, 3.63) is 33.2 Å². The van der Waals surface area contributed by atoms with Gasteiger partial charge < -0.3 is 5.11 Å². The number of carbonyl (C=O) groups is 1. The van der Waals surface area contributed by atoms with Gasteiger partial charge in [0.25, 0.3) is 5.56 Å². The molecule has 2 heterocycles. The van der Waals surface area contributed by atoms with Crippen molar-refractivity contribution in [2.45, 2.75) is 13.3 Å². The number of aliphatic carboxylic acids is 1. The van der Waals surface area contributed by atoms with Crippen LogP contribution in [0.5, 0.6) is 0 Å². The molecule has 0 saturated heterocycles. The van der Waals surface area contributed by atoms with Gasteiger partial charge in [-0.25, -0.2) is 4.98 Å². The zero-order valence-corrected chi connectivity index (χ0v) is 8.74. The quantitative estimate of drug-likeness (QED) is 0.814. The number of rotatable bonds is 2. The first-order chi connectivity index (χ1) is 7.08. The highest BCUT2D eigenvalue weighted by atomic mass is 32.1. The van der Waals surface area contributed by atoms with Crippen LogP contribution in [0.2, 0.25) is 0 Å². The van der Waals surface area contributed by atoms with Gasteiger partial charge in [-0.15, -0.1) is 11.3 Å². The summed E-state index contributed by atoms with van der Waals surface area (Å²) in [5, 5.41) is 10.3. The van der Waals surface area contributed by atoms with Crippen LogP contribution in [0, 0.1) is 6.92 Å². The largest absolute Gasteiger partial charge is 0.481 e. The fourth-order valence-electron chi connectivity index (χ4n) is 1.36. The Labute approximate surface area is 88.6 Å². The van der Waals surface area contributed by atoms with E-state index in [1.807, 2.05) is 0 Å². The van der Waals surface area contributed by atoms with E-state index in [4.69, 9.17) is 5.11 Å². The molecule has 2 rings (SSSR count). The van der Waals surface area contributed by atoms with E-state index in [9.17, 15) is 9.59 Å². The van der Waals surface area contributed by atoms with Crippen LogP contribution >= 0.6 is 11.3 Å². The van der Waals surface area contributed by atoms with Gasteiger partial charge in [-0.3, -0.25) is 14.0 Å². The van der Waals surface area contributed by atoms with Crippen molar-refractivity contribution < 1.29 is 9.90 Å². The van der Waals surface area contributed by atoms with Crippen molar-refractivity contribution >= 4 is 22.3 Å². The summed E-state index contributed by atoms with van der Waals surface area (Å²) in [6.07, 6.45) is -0.162. The first-order valence-corrected chi connectivity index (χ1v) is 5.14. The number of carboxylic acid groups (broad SMARTS) is 1. The fourth-order valence-corrected chi connectivity index (χ4v) is 2.30. The van der Waals surface area contributed by atoms with Crippen LogP contribution < -0.4 is 5.56 Å². The molecule has 78 valence electrons. The topological polar surface area (TPSA) is 71.7 Å². The predicted octanol–water partition coefficient (Wildman–Crippen LogP) is 0.692. The molecule has 15 heavy (non-hydrogen) atoms. The summed E-state index contributed by atoms with van der Waals surface area (Å²) in [4.78, 5) is 26.8. The monoisotopic (exact) mass is 224 g/mol. The molecular formula is C9H8N2O3S. The highest BCUT2D eigenvalue weighted by molar-refractivity contribution is 7.15. The van der Waals surface area contributed by atoms with Gasteiger partial charge in [0.15, 0.2) is 4.96 Å². The highest BCUT2D eigenvalue weighted by Gasteiger charge is 2.10. The SMILES string of the molecule is Cc1cc(=O)n2c(CC(=O)O)csc2n1. The molecule has 0 aliphatic heterocycles. The van der Waals surface area contributed by atoms with Crippen molar-refractivity contribution in [3.8, 4) is 0 Å². The molecule has 0 radical (unpaired) electrons. The summed E-state index contributed by atoms with van der Waals surface area (Å²) in [7, 11) is 0. The summed E-state index contributed by atoms with van der Waals surface area (Å²) in [5.74, 6) is -0.956. The zero-order chi connectivity index (χ0) is 11.0. The summed E-state index contributed by atoms with van der Waals surface area (Å²) in [6, 6.07) is 1.39. The van der Waals surface area contributed by atoms with Crippen molar-refractivity contribution in [3.63, 3.8) is 0 Å². The van der Waals surface area contributed by atoms with E-state index in [1.165, 1.54) is 21.8 Å². The van der Waals surface area contributed by atoms with E-state index < -0.39 is 5.97 Å². The lowest BCUT2D eigenvalue weighted by Gasteiger charge is -1.97. The Morgan fingerprint density at radius 3 is 3.07 bits per heavy atom. The molecule has 0 fully saturated rings. The molecule has 0 spiro atoms. The van der Waals surface area contributed by atoms with Gasteiger partial charge in [0.1, 0.15) is 0 Å². The zero-order valence-electron chi connectivity index (χ0n) is 7.93. The van der Waals surface area contributed by atoms with Gasteiger partial charge in [0.2, 0.25) is 0 Å². The number of hydrogen-bond donors (Lipinski definition) is 1. The maximum absolute atomic E-state index is 11.6. The second-order valence-electron chi connectivity index (χ2n) is 3.15. The van der Waals surface area contributed by atoms with Gasteiger partial charge >= 0.3 is 5.97 Å². The summed E-state index contributed by atoms with van der Waals surface area (Å²) in [5.41, 5.74) is 0.888. The molecule has 1 N–H and O–H groups in total. The third-order valence-corrected chi connectivity index (χ3v) is 2.81. The van der Waals surface area contributed by atoms with Crippen LogP contribution in [0.15, 0.2) is 16.2 Å². The lowest BCUT2D eigenvalue weighted by atomic mass is 10.3. The maximum atomic E-state index is 11.6. The number of aryl methyl sites for hydroxylation is 1. The summed E-state index contributed by atoms with van der Waals surface area (Å²) in [6.45, 7) is 1.73. The van der Waals surface area contributed by atoms with Gasteiger partial charge in [-0.2, -0.15) is 0 Å². The Morgan fingerprint density at radius 2 is 2.40 bits per heavy atom. The molecule has 0 aromatic carbocycles. The molecule has 0 atom stereocenters. The van der Waals surface area contributed by atoms with Gasteiger partial charge in [-0.05, 0) is 6.92 Å². The third kappa shape index (κ3) is 1.75. The minimum atomic E-state index is -0.956. The normalized spacial score (nSPS) is 10.7. The Balaban J connectivity index is 2.69. The summed E-state index contributed by atoms with van der Waals surface area (Å²) >= 11 is 1.27. The fraction of sp³-hybridized carbons (Fsp3) is 0.222. The molecule has 0 aliphatic rings. The maximum Gasteiger partial charge on any atom is 0.309 e. The summed E-state index contributed by atoms with van der Waals surface area (Å²) < 4.78 is 1.34. The standard InChI is InChI=1S/C9H8N2O3S/c1-5-2-7(12)11-6(3-8(13)14)4-15-9(11)10-5/h2,4H,3H2,1H3,(H,13,14). The van der Waals surface area contributed by atoms with E-state index >= 15 is 0 Å². The van der Waals surface area contributed by atoms with Crippen LogP contribution in [-0.4, -0.2) is 20.5 Å². The van der Waals surface area contributed by atoms with Crippen LogP contribution in [0.3, 0.4) is 0 Å². The number of carboxylic acids is 1. The number of hydrogen-bond acceptors (Lipinski definition) is 4. The van der Waals surface area contributed by atoms with E-state index in [-0.39, 0.29) is 12.0 Å². The van der Waals surface area contributed by atoms with Gasteiger partial charge in [0, 0.05) is 22.8 Å². The van der Waals surface area contributed by atoms with Crippen LogP contribution in [0.1, 0.15) is 11.4 Å². The number of thiazole rings is 1. The average molecular weight is 224 g/mol. The van der Waals surface area contributed by atoms with Crippen LogP contribution in [0.4, 0.5) is 0 Å². The van der Waals surface area contributed by atoms with E-state index in [0.717, 1.165) is 0 Å². The second-order valence-corrected chi connectivity index (χ2v) is 3.99. The molecule has 0 amide bonds. The lowest BCUT2D eigenvalue weighted by molar-refractivity contribution is -0.136. The molecule has 0 unspecified atom stereocenters. The van der Waals surface area contributed by atoms with Crippen molar-refractivity contribution in [2.75, 3.05) is 0 Å². The smallest absolute Gasteiger partial charge is 0.309 e. The first-order valence-electron chi connectivity index (χ1n) is 4.26. The molecule has 0 saturated carbocycles. The molecule has 0 aliphatic carbocycles. The third-order valence-electron chi connectivity index (χ3n) is 1.94. The van der Waals surface area contributed by atoms with Crippen molar-refractivity contribution in [1.29, 1.82) is 0 Å². The van der Waals surface area contributed by atoms with E-state index in [2.05, 4.69) is 4.98 Å². The molecule has 5 nitrogen and oxygen atoms in total. The van der Waals surface area contributed by atoms with Gasteiger partial charge in [-0.1, -0.05) is 0 Å². The van der Waals surface area contributed by atoms with E-state index in [0.29, 0.717) is 16.3 Å². The van der Waals surface area contributed by atoms with E-state index in [1.54, 1.807) is 12.3 Å². The number of nitrogens with zero attached hydrogens (tertiary/aromatic N) is 2. The minimum Gasteiger partial charge on any atom is -0.481 e. The second kappa shape index (κ2) is 3.47. The molecule has 2 aromatic heterocycles. The Hall–Kier alpha value is -1.69. The van der Waals surface area contributed by atoms with Crippen LogP contribution in [-0.2, 0) is 11.2 Å². The molecule has 6 heteroatoms. The van der Waals surface area contributed by atoms with Gasteiger partial charge in [0.05, 0.1) is 6.42 Å². The average Bonchev–Trinajstić information content (AvgIpc) is 2.46. The lowest BCUT2D eigenvalue weighted by Crippen LogP contribution is -2.17. The Bertz CT molecular complexity index is 585. The molecule has 0 bridgehead atoms. The Morgan fingerprint density at radius 1 is 1.67 bits per heavy atom. The molecular weight excluding hydrogens is 216 g/mol. The highest BCUT2D eigenvalue weighted by Crippen LogP contribution is 2.12. The predicted molar refractivity (Wildman–Crippen MR) is 55.4 cm³/mol. The van der Waals surface area contributed by atoms with Crippen LogP contribution in [0.25, 0.3) is 4.96 Å². The Kier molecular flexibility index (Phi) is 2.28. The number of aromatic nitrogens is 2. The van der Waals surface area contributed by atoms with Crippen molar-refractivity contribution in [1.82, 2.24) is 9.38 Å². The first kappa shape index (κ1) is 9.85. The van der Waals surface area contributed by atoms with Crippen molar-refractivity contribution in [2.24, 2.45) is 0 Å². The minimum absolute atomic E-state index is 0.162. The number of fused-ring (bicyclic) bond motifs is 1. The molecule has 2 aromatic rings.